The van der Waals surface area contributed by atoms with Crippen molar-refractivity contribution >= 4 is 17.3 Å². The highest BCUT2D eigenvalue weighted by Crippen LogP contribution is 2.28. The third-order valence-electron chi connectivity index (χ3n) is 3.41. The van der Waals surface area contributed by atoms with Gasteiger partial charge >= 0.3 is 0 Å². The van der Waals surface area contributed by atoms with Crippen molar-refractivity contribution in [3.05, 3.63) is 22.4 Å². The largest absolute Gasteiger partial charge is 0.389 e. The van der Waals surface area contributed by atoms with Crippen LogP contribution >= 0.6 is 11.3 Å². The van der Waals surface area contributed by atoms with Gasteiger partial charge in [0.05, 0.1) is 19.3 Å². The first-order valence-corrected chi connectivity index (χ1v) is 8.96. The third kappa shape index (κ3) is 7.24. The molecule has 6 heteroatoms. The monoisotopic (exact) mass is 325 g/mol. The summed E-state index contributed by atoms with van der Waals surface area (Å²) in [7, 11) is 0. The maximum absolute atomic E-state index is 9.89. The van der Waals surface area contributed by atoms with Gasteiger partial charge in [0.25, 0.3) is 0 Å². The molecule has 0 saturated heterocycles. The Hall–Kier alpha value is -1.11. The van der Waals surface area contributed by atoms with Crippen molar-refractivity contribution in [2.24, 2.45) is 10.9 Å². The number of aliphatic imine (C=N–C) groups is 1. The van der Waals surface area contributed by atoms with Gasteiger partial charge in [-0.15, -0.1) is 11.3 Å². The molecule has 0 amide bonds. The zero-order valence-corrected chi connectivity index (χ0v) is 14.1. The second kappa shape index (κ2) is 9.82. The van der Waals surface area contributed by atoms with Gasteiger partial charge in [-0.05, 0) is 43.6 Å². The highest BCUT2D eigenvalue weighted by atomic mass is 32.1. The normalized spacial score (nSPS) is 16.5. The van der Waals surface area contributed by atoms with E-state index in [0.717, 1.165) is 38.0 Å². The van der Waals surface area contributed by atoms with Crippen molar-refractivity contribution in [2.75, 3.05) is 32.8 Å². The predicted molar refractivity (Wildman–Crippen MR) is 91.6 cm³/mol. The smallest absolute Gasteiger partial charge is 0.191 e. The number of nitrogens with one attached hydrogen (secondary N) is 2. The van der Waals surface area contributed by atoms with Gasteiger partial charge in [0, 0.05) is 24.6 Å². The number of nitrogens with zero attached hydrogens (tertiary/aromatic N) is 1. The van der Waals surface area contributed by atoms with Gasteiger partial charge in [0.2, 0.25) is 0 Å². The minimum absolute atomic E-state index is 0.360. The molecule has 3 N–H and O–H groups in total. The zero-order chi connectivity index (χ0) is 15.6. The Bertz CT molecular complexity index is 433. The van der Waals surface area contributed by atoms with Gasteiger partial charge in [-0.3, -0.25) is 4.99 Å². The lowest BCUT2D eigenvalue weighted by atomic mass is 10.3. The van der Waals surface area contributed by atoms with Crippen LogP contribution in [-0.4, -0.2) is 50.0 Å². The summed E-state index contributed by atoms with van der Waals surface area (Å²) in [6.45, 7) is 5.18. The first kappa shape index (κ1) is 17.2. The van der Waals surface area contributed by atoms with Crippen LogP contribution in [0.25, 0.3) is 0 Å². The first-order valence-electron chi connectivity index (χ1n) is 8.08. The molecule has 1 aromatic heterocycles. The first-order chi connectivity index (χ1) is 10.8. The van der Waals surface area contributed by atoms with E-state index >= 15 is 0 Å². The summed E-state index contributed by atoms with van der Waals surface area (Å²) in [5, 5.41) is 18.5. The van der Waals surface area contributed by atoms with E-state index in [1.165, 1.54) is 17.7 Å². The molecule has 1 fully saturated rings. The molecule has 0 radical (unpaired) electrons. The Morgan fingerprint density at radius 1 is 1.50 bits per heavy atom. The summed E-state index contributed by atoms with van der Waals surface area (Å²) in [4.78, 5) is 5.77. The summed E-state index contributed by atoms with van der Waals surface area (Å²) < 4.78 is 5.48. The molecule has 5 nitrogen and oxygen atoms in total. The van der Waals surface area contributed by atoms with E-state index in [2.05, 4.69) is 33.1 Å². The lowest BCUT2D eigenvalue weighted by Crippen LogP contribution is -2.39. The Morgan fingerprint density at radius 3 is 3.05 bits per heavy atom. The molecule has 1 unspecified atom stereocenters. The SMILES string of the molecule is CCNC(=NCC(O)COCC1CC1)NCCc1cccs1. The van der Waals surface area contributed by atoms with Crippen molar-refractivity contribution in [1.82, 2.24) is 10.6 Å². The van der Waals surface area contributed by atoms with Crippen LogP contribution < -0.4 is 10.6 Å². The zero-order valence-electron chi connectivity index (χ0n) is 13.3. The Balaban J connectivity index is 1.63. The molecule has 22 heavy (non-hydrogen) atoms. The summed E-state index contributed by atoms with van der Waals surface area (Å²) in [6.07, 6.45) is 2.99. The second-order valence-corrected chi connectivity index (χ2v) is 6.64. The van der Waals surface area contributed by atoms with E-state index in [1.54, 1.807) is 11.3 Å². The standard InChI is InChI=1S/C16H27N3O2S/c1-2-17-16(18-8-7-15-4-3-9-22-15)19-10-14(20)12-21-11-13-5-6-13/h3-4,9,13-14,20H,2,5-8,10-12H2,1H3,(H2,17,18,19). The molecule has 0 spiro atoms. The highest BCUT2D eigenvalue weighted by Gasteiger charge is 2.21. The second-order valence-electron chi connectivity index (χ2n) is 5.61. The molecule has 0 aliphatic heterocycles. The fourth-order valence-corrected chi connectivity index (χ4v) is 2.71. The number of guanidine groups is 1. The molecule has 1 heterocycles. The van der Waals surface area contributed by atoms with Crippen molar-refractivity contribution in [1.29, 1.82) is 0 Å². The summed E-state index contributed by atoms with van der Waals surface area (Å²) in [5.41, 5.74) is 0. The fourth-order valence-electron chi connectivity index (χ4n) is 2.01. The number of aliphatic hydroxyl groups is 1. The summed E-state index contributed by atoms with van der Waals surface area (Å²) >= 11 is 1.77. The van der Waals surface area contributed by atoms with Crippen molar-refractivity contribution in [2.45, 2.75) is 32.3 Å². The quantitative estimate of drug-likeness (QED) is 0.452. The summed E-state index contributed by atoms with van der Waals surface area (Å²) in [6, 6.07) is 4.20. The van der Waals surface area contributed by atoms with Crippen LogP contribution in [0.5, 0.6) is 0 Å². The third-order valence-corrected chi connectivity index (χ3v) is 4.35. The topological polar surface area (TPSA) is 65.9 Å². The molecular weight excluding hydrogens is 298 g/mol. The van der Waals surface area contributed by atoms with E-state index < -0.39 is 6.10 Å². The van der Waals surface area contributed by atoms with Gasteiger partial charge < -0.3 is 20.5 Å². The maximum Gasteiger partial charge on any atom is 0.191 e. The average molecular weight is 325 g/mol. The van der Waals surface area contributed by atoms with Crippen LogP contribution in [0, 0.1) is 5.92 Å². The van der Waals surface area contributed by atoms with Gasteiger partial charge in [-0.1, -0.05) is 6.07 Å². The Morgan fingerprint density at radius 2 is 2.36 bits per heavy atom. The number of thiophene rings is 1. The molecule has 124 valence electrons. The molecule has 1 saturated carbocycles. The average Bonchev–Trinajstić information content (AvgIpc) is 3.18. The fraction of sp³-hybridized carbons (Fsp3) is 0.688. The molecule has 1 atom stereocenters. The number of aliphatic hydroxyl groups excluding tert-OH is 1. The van der Waals surface area contributed by atoms with E-state index in [-0.39, 0.29) is 0 Å². The van der Waals surface area contributed by atoms with Crippen molar-refractivity contribution in [3.63, 3.8) is 0 Å². The van der Waals surface area contributed by atoms with E-state index in [0.29, 0.717) is 13.2 Å². The molecule has 0 aromatic carbocycles. The van der Waals surface area contributed by atoms with Gasteiger partial charge in [-0.25, -0.2) is 0 Å². The van der Waals surface area contributed by atoms with Gasteiger partial charge in [0.1, 0.15) is 0 Å². The number of rotatable bonds is 10. The molecule has 1 aromatic rings. The molecule has 1 aliphatic rings. The van der Waals surface area contributed by atoms with Crippen molar-refractivity contribution < 1.29 is 9.84 Å². The Labute approximate surface area is 136 Å². The predicted octanol–water partition coefficient (Wildman–Crippen LogP) is 1.63. The molecule has 1 aliphatic carbocycles. The van der Waals surface area contributed by atoms with E-state index in [4.69, 9.17) is 4.74 Å². The number of hydrogen-bond donors (Lipinski definition) is 3. The van der Waals surface area contributed by atoms with Crippen LogP contribution in [0.3, 0.4) is 0 Å². The number of hydrogen-bond acceptors (Lipinski definition) is 4. The Kier molecular flexibility index (Phi) is 7.70. The molecular formula is C16H27N3O2S. The van der Waals surface area contributed by atoms with Crippen LogP contribution in [0.2, 0.25) is 0 Å². The minimum atomic E-state index is -0.536. The van der Waals surface area contributed by atoms with Crippen LogP contribution in [0.4, 0.5) is 0 Å². The van der Waals surface area contributed by atoms with Gasteiger partial charge in [0.15, 0.2) is 5.96 Å². The van der Waals surface area contributed by atoms with Crippen LogP contribution in [0.15, 0.2) is 22.5 Å². The van der Waals surface area contributed by atoms with Crippen molar-refractivity contribution in [3.8, 4) is 0 Å². The molecule has 2 rings (SSSR count). The van der Waals surface area contributed by atoms with Gasteiger partial charge in [-0.2, -0.15) is 0 Å². The maximum atomic E-state index is 9.89. The highest BCUT2D eigenvalue weighted by molar-refractivity contribution is 7.09. The van der Waals surface area contributed by atoms with Crippen LogP contribution in [0.1, 0.15) is 24.6 Å². The lowest BCUT2D eigenvalue weighted by Gasteiger charge is -2.13. The minimum Gasteiger partial charge on any atom is -0.389 e. The van der Waals surface area contributed by atoms with Crippen LogP contribution in [-0.2, 0) is 11.2 Å². The lowest BCUT2D eigenvalue weighted by molar-refractivity contribution is 0.0368. The van der Waals surface area contributed by atoms with E-state index in [1.807, 2.05) is 6.92 Å². The van der Waals surface area contributed by atoms with E-state index in [9.17, 15) is 5.11 Å². The number of ether oxygens (including phenoxy) is 1. The molecule has 0 bridgehead atoms. The summed E-state index contributed by atoms with van der Waals surface area (Å²) in [5.74, 6) is 1.48.